The number of aromatic nitrogens is 5. The van der Waals surface area contributed by atoms with Crippen LogP contribution >= 0.6 is 11.6 Å². The van der Waals surface area contributed by atoms with Crippen LogP contribution in [0.2, 0.25) is 5.02 Å². The molecule has 0 aromatic carbocycles. The van der Waals surface area contributed by atoms with Crippen LogP contribution in [-0.2, 0) is 22.5 Å². The highest BCUT2D eigenvalue weighted by Gasteiger charge is 2.33. The number of halogens is 1. The third kappa shape index (κ3) is 5.25. The lowest BCUT2D eigenvalue weighted by atomic mass is 9.78. The third-order valence-electron chi connectivity index (χ3n) is 8.39. The number of carbonyl (C=O) groups is 1. The fourth-order valence-corrected chi connectivity index (χ4v) is 6.80. The van der Waals surface area contributed by atoms with Crippen LogP contribution in [0.1, 0.15) is 88.7 Å². The first-order valence-corrected chi connectivity index (χ1v) is 14.4. The van der Waals surface area contributed by atoms with Crippen LogP contribution in [0.4, 0.5) is 5.82 Å². The van der Waals surface area contributed by atoms with E-state index in [2.05, 4.69) is 49.8 Å². The Morgan fingerprint density at radius 3 is 2.89 bits per heavy atom. The Balaban J connectivity index is 1.11. The molecule has 0 bridgehead atoms. The topological polar surface area (TPSA) is 86.9 Å². The molecule has 3 aliphatic rings. The smallest absolute Gasteiger partial charge is 0.225 e. The largest absolute Gasteiger partial charge is 0.357 e. The van der Waals surface area contributed by atoms with Crippen molar-refractivity contribution in [3.63, 3.8) is 0 Å². The monoisotopic (exact) mass is 536 g/mol. The van der Waals surface area contributed by atoms with Crippen LogP contribution in [-0.4, -0.2) is 37.1 Å². The van der Waals surface area contributed by atoms with Crippen molar-refractivity contribution in [3.8, 4) is 11.1 Å². The molecule has 202 valence electrons. The van der Waals surface area contributed by atoms with Crippen LogP contribution in [0.25, 0.3) is 11.1 Å². The molecule has 1 saturated carbocycles. The second-order valence-corrected chi connectivity index (χ2v) is 12.5. The molecule has 3 atom stereocenters. The summed E-state index contributed by atoms with van der Waals surface area (Å²) in [5.74, 6) is 1.27. The fraction of sp³-hybridized carbons (Fsp3) is 0.586. The normalized spacial score (nSPS) is 24.8. The van der Waals surface area contributed by atoms with Crippen molar-refractivity contribution in [1.82, 2.24) is 24.5 Å². The molecule has 9 heteroatoms. The summed E-state index contributed by atoms with van der Waals surface area (Å²) in [7, 11) is 0. The number of amides is 1. The molecule has 1 amide bonds. The predicted octanol–water partition coefficient (Wildman–Crippen LogP) is 6.38. The Hall–Kier alpha value is -2.71. The number of hydrogen-bond donors (Lipinski definition) is 1. The SMILES string of the molecule is CC1(C)Cc2c(-c3cc(NC(=O)CC4CCCC(c5ccnn5C5CCCCO5)C4)ncc3Cl)cnn2C1. The van der Waals surface area contributed by atoms with E-state index in [-0.39, 0.29) is 17.6 Å². The van der Waals surface area contributed by atoms with Gasteiger partial charge < -0.3 is 10.1 Å². The van der Waals surface area contributed by atoms with Crippen molar-refractivity contribution >= 4 is 23.3 Å². The molecule has 38 heavy (non-hydrogen) atoms. The second-order valence-electron chi connectivity index (χ2n) is 12.1. The van der Waals surface area contributed by atoms with E-state index in [4.69, 9.17) is 16.3 Å². The first-order valence-electron chi connectivity index (χ1n) is 14.0. The van der Waals surface area contributed by atoms with Gasteiger partial charge in [0.05, 0.1) is 11.2 Å². The van der Waals surface area contributed by atoms with Gasteiger partial charge in [-0.15, -0.1) is 0 Å². The molecule has 2 aliphatic heterocycles. The average Bonchev–Trinajstić information content (AvgIpc) is 3.60. The van der Waals surface area contributed by atoms with E-state index in [1.807, 2.05) is 18.5 Å². The van der Waals surface area contributed by atoms with Gasteiger partial charge in [-0.2, -0.15) is 10.2 Å². The molecular weight excluding hydrogens is 500 g/mol. The number of hydrogen-bond acceptors (Lipinski definition) is 5. The van der Waals surface area contributed by atoms with Crippen LogP contribution < -0.4 is 5.32 Å². The molecule has 6 rings (SSSR count). The van der Waals surface area contributed by atoms with Gasteiger partial charge in [0.1, 0.15) is 12.0 Å². The summed E-state index contributed by atoms with van der Waals surface area (Å²) in [6.07, 6.45) is 14.5. The number of rotatable bonds is 6. The number of carbonyl (C=O) groups excluding carboxylic acids is 1. The van der Waals surface area contributed by atoms with Crippen molar-refractivity contribution in [2.45, 2.75) is 90.3 Å². The molecular formula is C29H37ClN6O2. The van der Waals surface area contributed by atoms with Crippen LogP contribution in [0, 0.1) is 11.3 Å². The highest BCUT2D eigenvalue weighted by atomic mass is 35.5. The minimum atomic E-state index is 0.00177. The van der Waals surface area contributed by atoms with Gasteiger partial charge in [0, 0.05) is 60.4 Å². The van der Waals surface area contributed by atoms with Gasteiger partial charge in [-0.25, -0.2) is 9.67 Å². The maximum Gasteiger partial charge on any atom is 0.225 e. The van der Waals surface area contributed by atoms with Gasteiger partial charge >= 0.3 is 0 Å². The number of fused-ring (bicyclic) bond motifs is 1. The Morgan fingerprint density at radius 1 is 1.16 bits per heavy atom. The number of anilines is 1. The summed E-state index contributed by atoms with van der Waals surface area (Å²) >= 11 is 6.56. The van der Waals surface area contributed by atoms with Gasteiger partial charge in [-0.05, 0) is 68.4 Å². The highest BCUT2D eigenvalue weighted by molar-refractivity contribution is 6.33. The van der Waals surface area contributed by atoms with E-state index in [0.717, 1.165) is 69.2 Å². The van der Waals surface area contributed by atoms with Crippen LogP contribution in [0.15, 0.2) is 30.7 Å². The molecule has 1 N–H and O–H groups in total. The first kappa shape index (κ1) is 25.6. The van der Waals surface area contributed by atoms with E-state index in [1.165, 1.54) is 17.8 Å². The van der Waals surface area contributed by atoms with Gasteiger partial charge in [0.2, 0.25) is 5.91 Å². The van der Waals surface area contributed by atoms with Crippen LogP contribution in [0.5, 0.6) is 0 Å². The lowest BCUT2D eigenvalue weighted by Crippen LogP contribution is -2.25. The molecule has 0 radical (unpaired) electrons. The summed E-state index contributed by atoms with van der Waals surface area (Å²) in [6, 6.07) is 4.02. The number of pyridine rings is 1. The number of nitrogens with one attached hydrogen (secondary N) is 1. The standard InChI is InChI=1S/C29H37ClN6O2/c1-29(2)15-25-22(16-33-35(25)18-29)21-14-26(31-17-23(21)30)34-27(37)13-19-6-5-7-20(12-19)24-9-10-32-36(24)28-8-3-4-11-38-28/h9-10,14,16-17,19-20,28H,3-8,11-13,15,18H2,1-2H3,(H,31,34,37). The number of nitrogens with zero attached hydrogens (tertiary/aromatic N) is 5. The highest BCUT2D eigenvalue weighted by Crippen LogP contribution is 2.41. The number of ether oxygens (including phenoxy) is 1. The maximum absolute atomic E-state index is 13.1. The average molecular weight is 537 g/mol. The summed E-state index contributed by atoms with van der Waals surface area (Å²) in [5, 5.41) is 12.8. The second kappa shape index (κ2) is 10.5. The zero-order chi connectivity index (χ0) is 26.3. The lowest BCUT2D eigenvalue weighted by Gasteiger charge is -2.31. The van der Waals surface area contributed by atoms with E-state index in [9.17, 15) is 4.79 Å². The van der Waals surface area contributed by atoms with Gasteiger partial charge in [-0.3, -0.25) is 9.48 Å². The summed E-state index contributed by atoms with van der Waals surface area (Å²) < 4.78 is 10.2. The van der Waals surface area contributed by atoms with Gasteiger partial charge in [0.25, 0.3) is 0 Å². The Morgan fingerprint density at radius 2 is 2.05 bits per heavy atom. The minimum absolute atomic E-state index is 0.00177. The lowest BCUT2D eigenvalue weighted by molar-refractivity contribution is -0.117. The van der Waals surface area contributed by atoms with Gasteiger partial charge in [0.15, 0.2) is 0 Å². The molecule has 3 aromatic rings. The van der Waals surface area contributed by atoms with Crippen molar-refractivity contribution < 1.29 is 9.53 Å². The molecule has 1 aliphatic carbocycles. The Labute approximate surface area is 229 Å². The molecule has 8 nitrogen and oxygen atoms in total. The molecule has 5 heterocycles. The van der Waals surface area contributed by atoms with Crippen molar-refractivity contribution in [2.75, 3.05) is 11.9 Å². The van der Waals surface area contributed by atoms with Gasteiger partial charge in [-0.1, -0.05) is 31.9 Å². The summed E-state index contributed by atoms with van der Waals surface area (Å²) in [5.41, 5.74) is 4.50. The summed E-state index contributed by atoms with van der Waals surface area (Å²) in [4.78, 5) is 17.5. The maximum atomic E-state index is 13.1. The fourth-order valence-electron chi connectivity index (χ4n) is 6.59. The van der Waals surface area contributed by atoms with E-state index in [0.29, 0.717) is 29.1 Å². The van der Waals surface area contributed by atoms with E-state index >= 15 is 0 Å². The van der Waals surface area contributed by atoms with Crippen molar-refractivity contribution in [2.24, 2.45) is 11.3 Å². The minimum Gasteiger partial charge on any atom is -0.357 e. The van der Waals surface area contributed by atoms with Crippen molar-refractivity contribution in [3.05, 3.63) is 47.1 Å². The zero-order valence-corrected chi connectivity index (χ0v) is 23.1. The van der Waals surface area contributed by atoms with E-state index in [1.54, 1.807) is 6.20 Å². The predicted molar refractivity (Wildman–Crippen MR) is 147 cm³/mol. The molecule has 3 unspecified atom stereocenters. The molecule has 0 spiro atoms. The molecule has 2 fully saturated rings. The Bertz CT molecular complexity index is 1310. The van der Waals surface area contributed by atoms with E-state index < -0.39 is 0 Å². The van der Waals surface area contributed by atoms with Crippen LogP contribution in [0.3, 0.4) is 0 Å². The first-order chi connectivity index (χ1) is 18.4. The molecule has 1 saturated heterocycles. The quantitative estimate of drug-likeness (QED) is 0.395. The third-order valence-corrected chi connectivity index (χ3v) is 8.69. The Kier molecular flexibility index (Phi) is 7.03. The molecule has 3 aromatic heterocycles. The zero-order valence-electron chi connectivity index (χ0n) is 22.3. The summed E-state index contributed by atoms with van der Waals surface area (Å²) in [6.45, 7) is 6.20. The van der Waals surface area contributed by atoms with Crippen molar-refractivity contribution in [1.29, 1.82) is 0 Å².